The molecule has 11 heteroatoms. The molecule has 0 aliphatic rings. The van der Waals surface area contributed by atoms with Crippen LogP contribution in [0.5, 0.6) is 0 Å². The molecule has 0 N–H and O–H groups in total. The van der Waals surface area contributed by atoms with Gasteiger partial charge in [-0.25, -0.2) is 4.57 Å². The van der Waals surface area contributed by atoms with E-state index in [4.69, 9.17) is 14.2 Å². The predicted octanol–water partition coefficient (Wildman–Crippen LogP) is 0.218. The number of imidazole rings is 1. The highest BCUT2D eigenvalue weighted by atomic mass is 16.6. The summed E-state index contributed by atoms with van der Waals surface area (Å²) in [6, 6.07) is 0. The number of carbonyl (C=O) groups is 3. The number of ether oxygens (including phenoxy) is 3. The second-order valence-electron chi connectivity index (χ2n) is 4.74. The van der Waals surface area contributed by atoms with Crippen molar-refractivity contribution in [1.82, 2.24) is 9.55 Å². The molecule has 2 unspecified atom stereocenters. The van der Waals surface area contributed by atoms with E-state index >= 15 is 0 Å². The van der Waals surface area contributed by atoms with Gasteiger partial charge in [-0.05, 0) is 4.92 Å². The number of hydrogen-bond acceptors (Lipinski definition) is 9. The first-order valence-electron chi connectivity index (χ1n) is 6.84. The fourth-order valence-electron chi connectivity index (χ4n) is 1.88. The van der Waals surface area contributed by atoms with E-state index in [1.165, 1.54) is 12.4 Å². The standard InChI is InChI=1S/C13H17N3O8/c1-8(17)22-7-12(24-10(3)19)11(23-9(2)18)6-15-5-4-14-13(15)16(20)21/h4-5,11-12H,6-7H2,1-3H3. The van der Waals surface area contributed by atoms with E-state index in [-0.39, 0.29) is 13.2 Å². The molecule has 0 bridgehead atoms. The molecule has 2 atom stereocenters. The zero-order chi connectivity index (χ0) is 18.3. The minimum absolute atomic E-state index is 0.213. The number of nitro groups is 1. The zero-order valence-corrected chi connectivity index (χ0v) is 13.3. The van der Waals surface area contributed by atoms with Crippen LogP contribution >= 0.6 is 0 Å². The van der Waals surface area contributed by atoms with Crippen LogP contribution in [0.3, 0.4) is 0 Å². The first-order chi connectivity index (χ1) is 11.2. The Morgan fingerprint density at radius 2 is 1.75 bits per heavy atom. The minimum Gasteiger partial charge on any atom is -0.462 e. The maximum Gasteiger partial charge on any atom is 0.434 e. The zero-order valence-electron chi connectivity index (χ0n) is 13.3. The van der Waals surface area contributed by atoms with Gasteiger partial charge in [-0.2, -0.15) is 0 Å². The number of hydrogen-bond donors (Lipinski definition) is 0. The van der Waals surface area contributed by atoms with Gasteiger partial charge in [0.2, 0.25) is 0 Å². The molecule has 0 radical (unpaired) electrons. The molecule has 0 amide bonds. The van der Waals surface area contributed by atoms with Crippen LogP contribution < -0.4 is 0 Å². The molecule has 0 aliphatic heterocycles. The fraction of sp³-hybridized carbons (Fsp3) is 0.538. The molecule has 1 rings (SSSR count). The van der Waals surface area contributed by atoms with Gasteiger partial charge in [0.25, 0.3) is 0 Å². The summed E-state index contributed by atoms with van der Waals surface area (Å²) in [4.78, 5) is 47.3. The summed E-state index contributed by atoms with van der Waals surface area (Å²) in [5.74, 6) is -2.48. The normalized spacial score (nSPS) is 12.8. The summed E-state index contributed by atoms with van der Waals surface area (Å²) in [6.07, 6.45) is 0.275. The topological polar surface area (TPSA) is 140 Å². The quantitative estimate of drug-likeness (QED) is 0.280. The molecular weight excluding hydrogens is 326 g/mol. The molecule has 0 spiro atoms. The highest BCUT2D eigenvalue weighted by Gasteiger charge is 2.32. The Morgan fingerprint density at radius 1 is 1.17 bits per heavy atom. The smallest absolute Gasteiger partial charge is 0.434 e. The van der Waals surface area contributed by atoms with Crippen molar-refractivity contribution in [2.24, 2.45) is 0 Å². The SMILES string of the molecule is CC(=O)OCC(OC(C)=O)C(Cn1ccnc1[N+](=O)[O-])OC(C)=O. The van der Waals surface area contributed by atoms with Crippen LogP contribution in [0.4, 0.5) is 5.95 Å². The molecule has 132 valence electrons. The van der Waals surface area contributed by atoms with E-state index in [9.17, 15) is 24.5 Å². The van der Waals surface area contributed by atoms with Gasteiger partial charge >= 0.3 is 23.9 Å². The molecule has 0 aliphatic carbocycles. The van der Waals surface area contributed by atoms with Gasteiger partial charge in [0.05, 0.1) is 0 Å². The van der Waals surface area contributed by atoms with Crippen LogP contribution in [-0.4, -0.2) is 51.2 Å². The second kappa shape index (κ2) is 8.60. The lowest BCUT2D eigenvalue weighted by molar-refractivity contribution is -0.397. The van der Waals surface area contributed by atoms with Crippen molar-refractivity contribution in [2.45, 2.75) is 39.5 Å². The maximum atomic E-state index is 11.3. The average Bonchev–Trinajstić information content (AvgIpc) is 2.90. The largest absolute Gasteiger partial charge is 0.462 e. The second-order valence-corrected chi connectivity index (χ2v) is 4.74. The molecule has 0 fully saturated rings. The lowest BCUT2D eigenvalue weighted by atomic mass is 10.2. The van der Waals surface area contributed by atoms with Gasteiger partial charge < -0.3 is 24.3 Å². The third-order valence-corrected chi connectivity index (χ3v) is 2.73. The number of aromatic nitrogens is 2. The van der Waals surface area contributed by atoms with Gasteiger partial charge in [0.15, 0.2) is 12.2 Å². The van der Waals surface area contributed by atoms with Crippen molar-refractivity contribution in [3.63, 3.8) is 0 Å². The van der Waals surface area contributed by atoms with Crippen LogP contribution in [0.1, 0.15) is 20.8 Å². The van der Waals surface area contributed by atoms with Crippen LogP contribution in [-0.2, 0) is 35.1 Å². The number of nitrogens with zero attached hydrogens (tertiary/aromatic N) is 3. The van der Waals surface area contributed by atoms with E-state index < -0.39 is 41.0 Å². The molecule has 0 aromatic carbocycles. The van der Waals surface area contributed by atoms with Crippen LogP contribution in [0.25, 0.3) is 0 Å². The van der Waals surface area contributed by atoms with Crippen molar-refractivity contribution in [3.8, 4) is 0 Å². The first kappa shape index (κ1) is 19.1. The predicted molar refractivity (Wildman–Crippen MR) is 76.6 cm³/mol. The van der Waals surface area contributed by atoms with Crippen molar-refractivity contribution in [2.75, 3.05) is 6.61 Å². The lowest BCUT2D eigenvalue weighted by Crippen LogP contribution is -2.41. The van der Waals surface area contributed by atoms with Crippen molar-refractivity contribution in [1.29, 1.82) is 0 Å². The van der Waals surface area contributed by atoms with E-state index in [2.05, 4.69) is 4.98 Å². The van der Waals surface area contributed by atoms with Crippen molar-refractivity contribution < 1.29 is 33.5 Å². The monoisotopic (exact) mass is 343 g/mol. The summed E-state index contributed by atoms with van der Waals surface area (Å²) >= 11 is 0. The number of rotatable bonds is 8. The van der Waals surface area contributed by atoms with Gasteiger partial charge in [-0.3, -0.25) is 14.4 Å². The summed E-state index contributed by atoms with van der Waals surface area (Å²) < 4.78 is 16.0. The van der Waals surface area contributed by atoms with Crippen LogP contribution in [0, 0.1) is 10.1 Å². The van der Waals surface area contributed by atoms with Crippen molar-refractivity contribution in [3.05, 3.63) is 22.5 Å². The molecule has 11 nitrogen and oxygen atoms in total. The number of carbonyl (C=O) groups excluding carboxylic acids is 3. The van der Waals surface area contributed by atoms with E-state index in [1.54, 1.807) is 0 Å². The van der Waals surface area contributed by atoms with Gasteiger partial charge in [0.1, 0.15) is 25.5 Å². The minimum atomic E-state index is -1.13. The summed E-state index contributed by atoms with van der Waals surface area (Å²) in [5.41, 5.74) is 0. The third kappa shape index (κ3) is 6.02. The van der Waals surface area contributed by atoms with E-state index in [0.29, 0.717) is 0 Å². The Kier molecular flexibility index (Phi) is 6.83. The Labute approximate surface area is 136 Å². The van der Waals surface area contributed by atoms with Crippen LogP contribution in [0.2, 0.25) is 0 Å². The Bertz CT molecular complexity index is 626. The average molecular weight is 343 g/mol. The molecule has 0 saturated carbocycles. The molecule has 1 aromatic heterocycles. The van der Waals surface area contributed by atoms with Gasteiger partial charge in [-0.15, -0.1) is 0 Å². The molecule has 24 heavy (non-hydrogen) atoms. The fourth-order valence-corrected chi connectivity index (χ4v) is 1.88. The number of esters is 3. The molecule has 0 saturated heterocycles. The highest BCUT2D eigenvalue weighted by molar-refractivity contribution is 5.68. The molecular formula is C13H17N3O8. The first-order valence-corrected chi connectivity index (χ1v) is 6.84. The van der Waals surface area contributed by atoms with Gasteiger partial charge in [-0.1, -0.05) is 4.98 Å². The Hall–Kier alpha value is -2.98. The lowest BCUT2D eigenvalue weighted by Gasteiger charge is -2.25. The maximum absolute atomic E-state index is 11.3. The summed E-state index contributed by atoms with van der Waals surface area (Å²) in [6.45, 7) is 2.84. The summed E-state index contributed by atoms with van der Waals surface area (Å²) in [5, 5.41) is 10.9. The third-order valence-electron chi connectivity index (χ3n) is 2.73. The summed E-state index contributed by atoms with van der Waals surface area (Å²) in [7, 11) is 0. The van der Waals surface area contributed by atoms with Crippen LogP contribution in [0.15, 0.2) is 12.4 Å². The Morgan fingerprint density at radius 3 is 2.25 bits per heavy atom. The van der Waals surface area contributed by atoms with Gasteiger partial charge in [0, 0.05) is 20.8 Å². The molecule has 1 aromatic rings. The van der Waals surface area contributed by atoms with E-state index in [1.807, 2.05) is 0 Å². The van der Waals surface area contributed by atoms with E-state index in [0.717, 1.165) is 25.3 Å². The Balaban J connectivity index is 3.03. The highest BCUT2D eigenvalue weighted by Crippen LogP contribution is 2.14. The molecule has 1 heterocycles. The van der Waals surface area contributed by atoms with Crippen molar-refractivity contribution >= 4 is 23.9 Å².